The van der Waals surface area contributed by atoms with Crippen LogP contribution in [0.2, 0.25) is 0 Å². The van der Waals surface area contributed by atoms with Crippen LogP contribution in [-0.2, 0) is 4.43 Å². The standard InChI is InChI=1S/C26H38O2Si/c1-22(21-25(2,3)4)13-12-18-26(5,27)19-20-28-29(23-14-8-6-9-15-23)24-16-10-7-11-17-24/h6-11,14-17,19-20,22,27,29H,12-13,18,21H2,1-5H3. The van der Waals surface area contributed by atoms with Gasteiger partial charge in [-0.1, -0.05) is 101 Å². The van der Waals surface area contributed by atoms with Crippen molar-refractivity contribution in [1.29, 1.82) is 0 Å². The Balaban J connectivity index is 1.94. The summed E-state index contributed by atoms with van der Waals surface area (Å²) in [7, 11) is -1.81. The van der Waals surface area contributed by atoms with Gasteiger partial charge in [-0.3, -0.25) is 0 Å². The van der Waals surface area contributed by atoms with Crippen molar-refractivity contribution in [1.82, 2.24) is 0 Å². The molecule has 2 nitrogen and oxygen atoms in total. The lowest BCUT2D eigenvalue weighted by molar-refractivity contribution is 0.0946. The van der Waals surface area contributed by atoms with E-state index in [0.29, 0.717) is 11.3 Å². The Kier molecular flexibility index (Phi) is 8.73. The largest absolute Gasteiger partial charge is 0.543 e. The first-order chi connectivity index (χ1) is 13.7. The highest BCUT2D eigenvalue weighted by Crippen LogP contribution is 2.28. The van der Waals surface area contributed by atoms with E-state index in [0.717, 1.165) is 19.3 Å². The van der Waals surface area contributed by atoms with Crippen LogP contribution in [0.4, 0.5) is 0 Å². The first kappa shape index (κ1) is 23.4. The molecule has 2 rings (SSSR count). The molecule has 2 aromatic rings. The van der Waals surface area contributed by atoms with Gasteiger partial charge in [-0.25, -0.2) is 0 Å². The van der Waals surface area contributed by atoms with E-state index in [9.17, 15) is 5.11 Å². The Labute approximate surface area is 179 Å². The highest BCUT2D eigenvalue weighted by molar-refractivity contribution is 6.80. The van der Waals surface area contributed by atoms with E-state index in [1.54, 1.807) is 6.26 Å². The Bertz CT molecular complexity index is 693. The molecule has 158 valence electrons. The first-order valence-corrected chi connectivity index (χ1v) is 12.4. The number of hydrogen-bond acceptors (Lipinski definition) is 2. The second-order valence-electron chi connectivity index (χ2n) is 9.76. The molecule has 0 spiro atoms. The van der Waals surface area contributed by atoms with E-state index < -0.39 is 14.6 Å². The maximum atomic E-state index is 10.8. The topological polar surface area (TPSA) is 29.5 Å². The van der Waals surface area contributed by atoms with Gasteiger partial charge < -0.3 is 9.53 Å². The van der Waals surface area contributed by atoms with Crippen LogP contribution < -0.4 is 10.4 Å². The van der Waals surface area contributed by atoms with Crippen molar-refractivity contribution < 1.29 is 9.53 Å². The van der Waals surface area contributed by atoms with Gasteiger partial charge in [0.2, 0.25) is 0 Å². The number of hydrogen-bond donors (Lipinski definition) is 1. The Morgan fingerprint density at radius 3 is 1.93 bits per heavy atom. The number of aliphatic hydroxyl groups is 1. The van der Waals surface area contributed by atoms with Crippen molar-refractivity contribution in [3.05, 3.63) is 73.0 Å². The zero-order valence-corrected chi connectivity index (χ0v) is 19.9. The highest BCUT2D eigenvalue weighted by atomic mass is 28.3. The normalized spacial score (nSPS) is 15.4. The molecule has 0 aliphatic heterocycles. The molecule has 3 heteroatoms. The summed E-state index contributed by atoms with van der Waals surface area (Å²) in [5, 5.41) is 13.2. The third kappa shape index (κ3) is 9.01. The highest BCUT2D eigenvalue weighted by Gasteiger charge is 2.21. The van der Waals surface area contributed by atoms with Crippen LogP contribution in [0.3, 0.4) is 0 Å². The third-order valence-electron chi connectivity index (χ3n) is 5.19. The van der Waals surface area contributed by atoms with Crippen LogP contribution in [0.15, 0.2) is 73.0 Å². The molecule has 0 saturated heterocycles. The summed E-state index contributed by atoms with van der Waals surface area (Å²) < 4.78 is 6.24. The Morgan fingerprint density at radius 2 is 1.45 bits per heavy atom. The minimum atomic E-state index is -1.81. The SMILES string of the molecule is CC(CCCC(C)(O)C=CO[SiH](c1ccccc1)c1ccccc1)CC(C)(C)C. The van der Waals surface area contributed by atoms with Gasteiger partial charge in [-0.05, 0) is 47.5 Å². The zero-order chi connectivity index (χ0) is 21.3. The molecule has 2 aromatic carbocycles. The van der Waals surface area contributed by atoms with Crippen molar-refractivity contribution in [2.75, 3.05) is 0 Å². The predicted molar refractivity (Wildman–Crippen MR) is 127 cm³/mol. The molecule has 0 aliphatic rings. The van der Waals surface area contributed by atoms with Crippen LogP contribution >= 0.6 is 0 Å². The minimum absolute atomic E-state index is 0.365. The molecule has 0 aromatic heterocycles. The van der Waals surface area contributed by atoms with Crippen LogP contribution in [0, 0.1) is 11.3 Å². The summed E-state index contributed by atoms with van der Waals surface area (Å²) in [6.07, 6.45) is 7.70. The fourth-order valence-electron chi connectivity index (χ4n) is 3.91. The molecule has 0 heterocycles. The fourth-order valence-corrected chi connectivity index (χ4v) is 5.99. The average Bonchev–Trinajstić information content (AvgIpc) is 2.65. The van der Waals surface area contributed by atoms with Gasteiger partial charge in [0.1, 0.15) is 0 Å². The van der Waals surface area contributed by atoms with E-state index >= 15 is 0 Å². The summed E-state index contributed by atoms with van der Waals surface area (Å²) >= 11 is 0. The van der Waals surface area contributed by atoms with Crippen molar-refractivity contribution in [3.8, 4) is 0 Å². The van der Waals surface area contributed by atoms with Crippen LogP contribution in [-0.4, -0.2) is 19.7 Å². The monoisotopic (exact) mass is 410 g/mol. The van der Waals surface area contributed by atoms with Gasteiger partial charge in [0.15, 0.2) is 0 Å². The average molecular weight is 411 g/mol. The van der Waals surface area contributed by atoms with E-state index in [4.69, 9.17) is 4.43 Å². The summed E-state index contributed by atoms with van der Waals surface area (Å²) in [4.78, 5) is 0. The van der Waals surface area contributed by atoms with Crippen LogP contribution in [0.1, 0.15) is 60.3 Å². The molecule has 2 unspecified atom stereocenters. The van der Waals surface area contributed by atoms with Gasteiger partial charge in [-0.15, -0.1) is 0 Å². The Morgan fingerprint density at radius 1 is 0.931 bits per heavy atom. The van der Waals surface area contributed by atoms with Crippen molar-refractivity contribution >= 4 is 19.4 Å². The maximum Gasteiger partial charge on any atom is 0.298 e. The fraction of sp³-hybridized carbons (Fsp3) is 0.462. The summed E-state index contributed by atoms with van der Waals surface area (Å²) in [6, 6.07) is 20.8. The summed E-state index contributed by atoms with van der Waals surface area (Å²) in [5.41, 5.74) is -0.474. The molecule has 1 N–H and O–H groups in total. The van der Waals surface area contributed by atoms with Crippen molar-refractivity contribution in [3.63, 3.8) is 0 Å². The lowest BCUT2D eigenvalue weighted by atomic mass is 9.83. The summed E-state index contributed by atoms with van der Waals surface area (Å²) in [6.45, 7) is 11.1. The van der Waals surface area contributed by atoms with Gasteiger partial charge in [0, 0.05) is 0 Å². The van der Waals surface area contributed by atoms with Gasteiger partial charge in [0.25, 0.3) is 9.04 Å². The summed E-state index contributed by atoms with van der Waals surface area (Å²) in [5.74, 6) is 0.680. The molecule has 0 bridgehead atoms. The number of benzene rings is 2. The molecular formula is C26H38O2Si. The molecule has 0 amide bonds. The predicted octanol–water partition coefficient (Wildman–Crippen LogP) is 5.05. The molecule has 2 atom stereocenters. The van der Waals surface area contributed by atoms with E-state index in [-0.39, 0.29) is 0 Å². The van der Waals surface area contributed by atoms with Crippen LogP contribution in [0.5, 0.6) is 0 Å². The molecule has 0 aliphatic carbocycles. The van der Waals surface area contributed by atoms with Gasteiger partial charge in [0.05, 0.1) is 11.9 Å². The maximum absolute atomic E-state index is 10.8. The second-order valence-corrected chi connectivity index (χ2v) is 12.1. The lowest BCUT2D eigenvalue weighted by Crippen LogP contribution is -2.43. The first-order valence-electron chi connectivity index (χ1n) is 10.8. The van der Waals surface area contributed by atoms with E-state index in [1.165, 1.54) is 16.8 Å². The molecule has 0 fully saturated rings. The van der Waals surface area contributed by atoms with Crippen LogP contribution in [0.25, 0.3) is 0 Å². The van der Waals surface area contributed by atoms with E-state index in [1.807, 2.05) is 25.1 Å². The smallest absolute Gasteiger partial charge is 0.298 e. The number of rotatable bonds is 10. The van der Waals surface area contributed by atoms with Crippen molar-refractivity contribution in [2.24, 2.45) is 11.3 Å². The molecule has 0 radical (unpaired) electrons. The zero-order valence-electron chi connectivity index (χ0n) is 18.8. The van der Waals surface area contributed by atoms with E-state index in [2.05, 4.69) is 76.2 Å². The Hall–Kier alpha value is -1.84. The quantitative estimate of drug-likeness (QED) is 0.439. The van der Waals surface area contributed by atoms with Gasteiger partial charge in [-0.2, -0.15) is 0 Å². The molecular weight excluding hydrogens is 372 g/mol. The van der Waals surface area contributed by atoms with Crippen molar-refractivity contribution in [2.45, 2.75) is 65.9 Å². The third-order valence-corrected chi connectivity index (χ3v) is 7.60. The lowest BCUT2D eigenvalue weighted by Gasteiger charge is -2.25. The second kappa shape index (κ2) is 10.8. The van der Waals surface area contributed by atoms with Gasteiger partial charge >= 0.3 is 0 Å². The minimum Gasteiger partial charge on any atom is -0.543 e. The molecule has 29 heavy (non-hydrogen) atoms. The molecule has 0 saturated carbocycles.